The first-order valence-electron chi connectivity index (χ1n) is 6.12. The Hall–Kier alpha value is -1.20. The number of carbonyl (C=O) groups is 1. The zero-order valence-corrected chi connectivity index (χ0v) is 11.3. The van der Waals surface area contributed by atoms with Crippen molar-refractivity contribution in [3.63, 3.8) is 0 Å². The van der Waals surface area contributed by atoms with E-state index in [0.717, 1.165) is 25.9 Å². The average molecular weight is 266 g/mol. The molecule has 1 aliphatic rings. The van der Waals surface area contributed by atoms with Gasteiger partial charge in [0.2, 0.25) is 0 Å². The van der Waals surface area contributed by atoms with Crippen molar-refractivity contribution in [3.05, 3.63) is 28.5 Å². The van der Waals surface area contributed by atoms with Gasteiger partial charge >= 0.3 is 0 Å². The van der Waals surface area contributed by atoms with E-state index in [4.69, 9.17) is 17.0 Å². The molecule has 1 heterocycles. The first-order valence-corrected chi connectivity index (χ1v) is 6.53. The molecule has 1 aromatic rings. The molecule has 0 aliphatic heterocycles. The molecule has 1 amide bonds. The first-order chi connectivity index (χ1) is 8.67. The van der Waals surface area contributed by atoms with E-state index >= 15 is 0 Å². The molecule has 1 aromatic heterocycles. The van der Waals surface area contributed by atoms with Crippen molar-refractivity contribution < 1.29 is 9.53 Å². The Morgan fingerprint density at radius 3 is 3.00 bits per heavy atom. The quantitative estimate of drug-likeness (QED) is 0.777. The van der Waals surface area contributed by atoms with Crippen molar-refractivity contribution in [3.8, 4) is 0 Å². The normalized spacial score (nSPS) is 16.3. The van der Waals surface area contributed by atoms with Gasteiger partial charge in [-0.25, -0.2) is 0 Å². The third-order valence-electron chi connectivity index (χ3n) is 3.48. The Balaban J connectivity index is 1.89. The number of rotatable bonds is 6. The second-order valence-corrected chi connectivity index (χ2v) is 5.25. The highest BCUT2D eigenvalue weighted by molar-refractivity contribution is 7.71. The molecule has 5 heteroatoms. The van der Waals surface area contributed by atoms with Gasteiger partial charge in [0.25, 0.3) is 5.91 Å². The highest BCUT2D eigenvalue weighted by Gasteiger charge is 2.42. The molecule has 2 N–H and O–H groups in total. The van der Waals surface area contributed by atoms with Crippen LogP contribution in [0.1, 0.15) is 29.6 Å². The first kappa shape index (κ1) is 13.2. The summed E-state index contributed by atoms with van der Waals surface area (Å²) < 4.78 is 5.58. The number of carbonyl (C=O) groups excluding carboxylic acids is 1. The topological polar surface area (TPSA) is 54.1 Å². The van der Waals surface area contributed by atoms with Gasteiger partial charge in [0.05, 0.1) is 5.56 Å². The SMILES string of the molecule is COCCC1(CNC(=O)c2ccc[nH]c2=S)CC1. The molecular weight excluding hydrogens is 248 g/mol. The molecule has 1 aliphatic carbocycles. The van der Waals surface area contributed by atoms with Gasteiger partial charge in [-0.2, -0.15) is 0 Å². The van der Waals surface area contributed by atoms with Crippen LogP contribution in [0, 0.1) is 10.1 Å². The molecule has 18 heavy (non-hydrogen) atoms. The zero-order valence-electron chi connectivity index (χ0n) is 10.5. The van der Waals surface area contributed by atoms with Crippen LogP contribution in [0.3, 0.4) is 0 Å². The maximum absolute atomic E-state index is 12.0. The number of ether oxygens (including phenoxy) is 1. The molecule has 0 saturated heterocycles. The zero-order chi connectivity index (χ0) is 13.0. The van der Waals surface area contributed by atoms with Crippen molar-refractivity contribution in [2.45, 2.75) is 19.3 Å². The van der Waals surface area contributed by atoms with Crippen LogP contribution in [0.5, 0.6) is 0 Å². The molecule has 0 unspecified atom stereocenters. The van der Waals surface area contributed by atoms with Crippen molar-refractivity contribution in [1.82, 2.24) is 10.3 Å². The van der Waals surface area contributed by atoms with Crippen molar-refractivity contribution in [1.29, 1.82) is 0 Å². The lowest BCUT2D eigenvalue weighted by Gasteiger charge is -2.15. The molecule has 0 spiro atoms. The lowest BCUT2D eigenvalue weighted by Crippen LogP contribution is -2.31. The minimum absolute atomic E-state index is 0.0967. The minimum atomic E-state index is -0.0967. The second-order valence-electron chi connectivity index (χ2n) is 4.84. The summed E-state index contributed by atoms with van der Waals surface area (Å²) in [6.07, 6.45) is 5.06. The summed E-state index contributed by atoms with van der Waals surface area (Å²) in [4.78, 5) is 14.8. The lowest BCUT2D eigenvalue weighted by molar-refractivity contribution is 0.0937. The van der Waals surface area contributed by atoms with Crippen LogP contribution in [0.25, 0.3) is 0 Å². The number of pyridine rings is 1. The Labute approximate surface area is 112 Å². The Kier molecular flexibility index (Phi) is 4.14. The lowest BCUT2D eigenvalue weighted by atomic mass is 10.0. The van der Waals surface area contributed by atoms with E-state index in [1.54, 1.807) is 25.4 Å². The van der Waals surface area contributed by atoms with Gasteiger partial charge in [-0.15, -0.1) is 0 Å². The Bertz CT molecular complexity index is 480. The average Bonchev–Trinajstić information content (AvgIpc) is 3.15. The van der Waals surface area contributed by atoms with Crippen LogP contribution in [-0.4, -0.2) is 31.2 Å². The summed E-state index contributed by atoms with van der Waals surface area (Å²) in [5.74, 6) is -0.0967. The largest absolute Gasteiger partial charge is 0.385 e. The summed E-state index contributed by atoms with van der Waals surface area (Å²) in [6, 6.07) is 3.52. The maximum atomic E-state index is 12.0. The fourth-order valence-electron chi connectivity index (χ4n) is 1.97. The molecule has 1 fully saturated rings. The van der Waals surface area contributed by atoms with E-state index in [2.05, 4.69) is 10.3 Å². The predicted molar refractivity (Wildman–Crippen MR) is 72.1 cm³/mol. The smallest absolute Gasteiger partial charge is 0.254 e. The van der Waals surface area contributed by atoms with Crippen LogP contribution < -0.4 is 5.32 Å². The highest BCUT2D eigenvalue weighted by Crippen LogP contribution is 2.48. The number of methoxy groups -OCH3 is 1. The fraction of sp³-hybridized carbons (Fsp3) is 0.538. The van der Waals surface area contributed by atoms with E-state index in [0.29, 0.717) is 16.7 Å². The van der Waals surface area contributed by atoms with Gasteiger partial charge in [0.15, 0.2) is 0 Å². The van der Waals surface area contributed by atoms with Crippen LogP contribution in [0.15, 0.2) is 18.3 Å². The number of amides is 1. The second kappa shape index (κ2) is 5.63. The molecule has 1 saturated carbocycles. The van der Waals surface area contributed by atoms with Gasteiger partial charge in [-0.3, -0.25) is 4.79 Å². The predicted octanol–water partition coefficient (Wildman–Crippen LogP) is 2.29. The van der Waals surface area contributed by atoms with Gasteiger partial charge in [0.1, 0.15) is 4.64 Å². The van der Waals surface area contributed by atoms with Crippen LogP contribution in [0.2, 0.25) is 0 Å². The summed E-state index contributed by atoms with van der Waals surface area (Å²) in [7, 11) is 1.71. The molecule has 2 rings (SSSR count). The van der Waals surface area contributed by atoms with Crippen molar-refractivity contribution in [2.75, 3.05) is 20.3 Å². The molecular formula is C13H18N2O2S. The standard InChI is InChI=1S/C13H18N2O2S/c1-17-8-6-13(4-5-13)9-15-11(16)10-3-2-7-14-12(10)18/h2-3,7H,4-6,8-9H2,1H3,(H,14,18)(H,15,16). The summed E-state index contributed by atoms with van der Waals surface area (Å²) >= 11 is 5.09. The van der Waals surface area contributed by atoms with Gasteiger partial charge in [-0.1, -0.05) is 12.2 Å². The summed E-state index contributed by atoms with van der Waals surface area (Å²) in [5, 5.41) is 2.97. The van der Waals surface area contributed by atoms with Crippen LogP contribution in [0.4, 0.5) is 0 Å². The molecule has 0 radical (unpaired) electrons. The van der Waals surface area contributed by atoms with E-state index in [9.17, 15) is 4.79 Å². The van der Waals surface area contributed by atoms with E-state index < -0.39 is 0 Å². The molecule has 4 nitrogen and oxygen atoms in total. The minimum Gasteiger partial charge on any atom is -0.385 e. The van der Waals surface area contributed by atoms with Gasteiger partial charge in [0, 0.05) is 26.5 Å². The summed E-state index contributed by atoms with van der Waals surface area (Å²) in [5.41, 5.74) is 0.793. The number of hydrogen-bond acceptors (Lipinski definition) is 3. The number of aromatic amines is 1. The van der Waals surface area contributed by atoms with Crippen LogP contribution >= 0.6 is 12.2 Å². The fourth-order valence-corrected chi connectivity index (χ4v) is 2.20. The number of H-pyrrole nitrogens is 1. The van der Waals surface area contributed by atoms with E-state index in [1.807, 2.05) is 0 Å². The Morgan fingerprint density at radius 1 is 1.61 bits per heavy atom. The third kappa shape index (κ3) is 3.17. The monoisotopic (exact) mass is 266 g/mol. The molecule has 98 valence electrons. The number of aromatic nitrogens is 1. The highest BCUT2D eigenvalue weighted by atomic mass is 32.1. The van der Waals surface area contributed by atoms with E-state index in [-0.39, 0.29) is 11.3 Å². The van der Waals surface area contributed by atoms with Crippen molar-refractivity contribution >= 4 is 18.1 Å². The van der Waals surface area contributed by atoms with Gasteiger partial charge < -0.3 is 15.0 Å². The third-order valence-corrected chi connectivity index (χ3v) is 3.82. The molecule has 0 atom stereocenters. The van der Waals surface area contributed by atoms with Gasteiger partial charge in [-0.05, 0) is 36.8 Å². The Morgan fingerprint density at radius 2 is 2.39 bits per heavy atom. The summed E-state index contributed by atoms with van der Waals surface area (Å²) in [6.45, 7) is 1.46. The van der Waals surface area contributed by atoms with Crippen molar-refractivity contribution in [2.24, 2.45) is 5.41 Å². The van der Waals surface area contributed by atoms with Crippen LogP contribution in [-0.2, 0) is 4.74 Å². The molecule has 0 aromatic carbocycles. The molecule has 0 bridgehead atoms. The number of nitrogens with one attached hydrogen (secondary N) is 2. The number of hydrogen-bond donors (Lipinski definition) is 2. The van der Waals surface area contributed by atoms with E-state index in [1.165, 1.54) is 0 Å². The maximum Gasteiger partial charge on any atom is 0.254 e.